The lowest BCUT2D eigenvalue weighted by atomic mass is 10.1. The summed E-state index contributed by atoms with van der Waals surface area (Å²) >= 11 is 5.52. The lowest BCUT2D eigenvalue weighted by molar-refractivity contribution is 0.366. The third-order valence-corrected chi connectivity index (χ3v) is 5.59. The summed E-state index contributed by atoms with van der Waals surface area (Å²) in [6.07, 6.45) is 4.88. The topological polar surface area (TPSA) is 28.2 Å². The predicted octanol–water partition coefficient (Wildman–Crippen LogP) is 3.95. The van der Waals surface area contributed by atoms with Gasteiger partial charge in [0.1, 0.15) is 0 Å². The SMILES string of the molecule is Brc1cccc(C2=C(c3ccncc3)N3NCCC3S2)c1. The Labute approximate surface area is 136 Å². The number of hydrazine groups is 1. The van der Waals surface area contributed by atoms with Crippen molar-refractivity contribution in [2.24, 2.45) is 0 Å². The molecule has 3 nitrogen and oxygen atoms in total. The van der Waals surface area contributed by atoms with Crippen molar-refractivity contribution in [1.82, 2.24) is 15.4 Å². The Morgan fingerprint density at radius 2 is 2.05 bits per heavy atom. The van der Waals surface area contributed by atoms with E-state index in [1.807, 2.05) is 24.2 Å². The van der Waals surface area contributed by atoms with Crippen LogP contribution in [-0.2, 0) is 0 Å². The number of aromatic nitrogens is 1. The van der Waals surface area contributed by atoms with Crippen molar-refractivity contribution >= 4 is 38.3 Å². The van der Waals surface area contributed by atoms with Gasteiger partial charge in [-0.05, 0) is 36.2 Å². The Balaban J connectivity index is 1.87. The van der Waals surface area contributed by atoms with Crippen molar-refractivity contribution in [1.29, 1.82) is 0 Å². The Bertz CT molecular complexity index is 702. The van der Waals surface area contributed by atoms with Crippen LogP contribution < -0.4 is 5.43 Å². The summed E-state index contributed by atoms with van der Waals surface area (Å²) in [4.78, 5) is 5.47. The lowest BCUT2D eigenvalue weighted by Gasteiger charge is -2.21. The molecular weight excluding hydrogens is 346 g/mol. The maximum absolute atomic E-state index is 4.14. The first-order chi connectivity index (χ1) is 10.3. The molecule has 1 fully saturated rings. The van der Waals surface area contributed by atoms with Gasteiger partial charge in [0.2, 0.25) is 0 Å². The van der Waals surface area contributed by atoms with Crippen LogP contribution in [0, 0.1) is 0 Å². The van der Waals surface area contributed by atoms with Gasteiger partial charge in [-0.15, -0.1) is 0 Å². The minimum absolute atomic E-state index is 0.488. The molecule has 0 radical (unpaired) electrons. The number of rotatable bonds is 2. The largest absolute Gasteiger partial charge is 0.293 e. The molecule has 0 amide bonds. The van der Waals surface area contributed by atoms with Crippen molar-refractivity contribution in [3.05, 3.63) is 64.4 Å². The standard InChI is InChI=1S/C16H14BrN3S/c17-13-3-1-2-12(10-13)16-15(11-4-7-18-8-5-11)20-14(21-16)6-9-19-20/h1-5,7-8,10,14,19H,6,9H2. The summed E-state index contributed by atoms with van der Waals surface area (Å²) < 4.78 is 1.11. The molecule has 1 aromatic carbocycles. The van der Waals surface area contributed by atoms with Crippen LogP contribution in [-0.4, -0.2) is 21.9 Å². The van der Waals surface area contributed by atoms with E-state index in [2.05, 4.69) is 67.7 Å². The molecule has 2 aliphatic rings. The van der Waals surface area contributed by atoms with E-state index in [9.17, 15) is 0 Å². The summed E-state index contributed by atoms with van der Waals surface area (Å²) in [6.45, 7) is 1.04. The van der Waals surface area contributed by atoms with Crippen LogP contribution in [0.25, 0.3) is 10.6 Å². The molecule has 2 aromatic rings. The molecule has 1 aromatic heterocycles. The van der Waals surface area contributed by atoms with Crippen molar-refractivity contribution in [3.8, 4) is 0 Å². The molecule has 0 bridgehead atoms. The predicted molar refractivity (Wildman–Crippen MR) is 91.0 cm³/mol. The van der Waals surface area contributed by atoms with Gasteiger partial charge in [-0.25, -0.2) is 5.43 Å². The molecule has 1 unspecified atom stereocenters. The molecule has 1 atom stereocenters. The van der Waals surface area contributed by atoms with Crippen LogP contribution in [0.5, 0.6) is 0 Å². The molecule has 1 N–H and O–H groups in total. The van der Waals surface area contributed by atoms with Gasteiger partial charge in [-0.1, -0.05) is 39.8 Å². The number of hydrogen-bond acceptors (Lipinski definition) is 4. The smallest absolute Gasteiger partial charge is 0.0967 e. The van der Waals surface area contributed by atoms with Gasteiger partial charge < -0.3 is 0 Å². The van der Waals surface area contributed by atoms with E-state index >= 15 is 0 Å². The third-order valence-electron chi connectivity index (χ3n) is 3.71. The number of halogens is 1. The highest BCUT2D eigenvalue weighted by atomic mass is 79.9. The second-order valence-corrected chi connectivity index (χ2v) is 7.17. The van der Waals surface area contributed by atoms with Gasteiger partial charge in [-0.2, -0.15) is 0 Å². The van der Waals surface area contributed by atoms with Crippen LogP contribution in [0.3, 0.4) is 0 Å². The quantitative estimate of drug-likeness (QED) is 0.878. The monoisotopic (exact) mass is 359 g/mol. The first kappa shape index (κ1) is 13.4. The second kappa shape index (κ2) is 5.48. The van der Waals surface area contributed by atoms with E-state index in [1.54, 1.807) is 0 Å². The Morgan fingerprint density at radius 3 is 2.86 bits per heavy atom. The fraction of sp³-hybridized carbons (Fsp3) is 0.188. The van der Waals surface area contributed by atoms with Crippen LogP contribution in [0.15, 0.2) is 53.3 Å². The highest BCUT2D eigenvalue weighted by Gasteiger charge is 2.37. The molecule has 106 valence electrons. The Kier molecular flexibility index (Phi) is 3.49. The second-order valence-electron chi connectivity index (χ2n) is 5.06. The minimum Gasteiger partial charge on any atom is -0.293 e. The first-order valence-corrected chi connectivity index (χ1v) is 8.60. The number of hydrogen-bond donors (Lipinski definition) is 1. The summed E-state index contributed by atoms with van der Waals surface area (Å²) in [5, 5.41) is 2.80. The van der Waals surface area contributed by atoms with E-state index < -0.39 is 0 Å². The summed E-state index contributed by atoms with van der Waals surface area (Å²) in [7, 11) is 0. The van der Waals surface area contributed by atoms with Gasteiger partial charge in [0.25, 0.3) is 0 Å². The Morgan fingerprint density at radius 1 is 1.19 bits per heavy atom. The van der Waals surface area contributed by atoms with Gasteiger partial charge in [0, 0.05) is 33.9 Å². The fourth-order valence-electron chi connectivity index (χ4n) is 2.79. The first-order valence-electron chi connectivity index (χ1n) is 6.93. The van der Waals surface area contributed by atoms with Crippen molar-refractivity contribution in [2.45, 2.75) is 11.8 Å². The Hall–Kier alpha value is -1.30. The number of nitrogens with one attached hydrogen (secondary N) is 1. The third kappa shape index (κ3) is 2.39. The maximum atomic E-state index is 4.14. The highest BCUT2D eigenvalue weighted by molar-refractivity contribution is 9.10. The van der Waals surface area contributed by atoms with Crippen molar-refractivity contribution < 1.29 is 0 Å². The average molecular weight is 360 g/mol. The van der Waals surface area contributed by atoms with E-state index in [0.717, 1.165) is 17.4 Å². The average Bonchev–Trinajstić information content (AvgIpc) is 3.08. The van der Waals surface area contributed by atoms with Gasteiger partial charge in [0.05, 0.1) is 11.1 Å². The zero-order valence-corrected chi connectivity index (χ0v) is 13.7. The molecule has 3 heterocycles. The van der Waals surface area contributed by atoms with E-state index in [0.29, 0.717) is 5.37 Å². The molecule has 1 saturated heterocycles. The lowest BCUT2D eigenvalue weighted by Crippen LogP contribution is -2.30. The zero-order valence-electron chi connectivity index (χ0n) is 11.3. The zero-order chi connectivity index (χ0) is 14.2. The molecule has 2 aliphatic heterocycles. The molecule has 21 heavy (non-hydrogen) atoms. The highest BCUT2D eigenvalue weighted by Crippen LogP contribution is 2.49. The van der Waals surface area contributed by atoms with E-state index in [-0.39, 0.29) is 0 Å². The minimum atomic E-state index is 0.488. The fourth-order valence-corrected chi connectivity index (χ4v) is 4.57. The van der Waals surface area contributed by atoms with Crippen LogP contribution in [0.1, 0.15) is 17.5 Å². The van der Waals surface area contributed by atoms with Gasteiger partial charge >= 0.3 is 0 Å². The van der Waals surface area contributed by atoms with Crippen LogP contribution >= 0.6 is 27.7 Å². The molecule has 4 rings (SSSR count). The number of nitrogens with zero attached hydrogens (tertiary/aromatic N) is 2. The maximum Gasteiger partial charge on any atom is 0.0967 e. The van der Waals surface area contributed by atoms with Gasteiger partial charge in [-0.3, -0.25) is 9.99 Å². The number of fused-ring (bicyclic) bond motifs is 1. The number of pyridine rings is 1. The molecule has 0 saturated carbocycles. The summed E-state index contributed by atoms with van der Waals surface area (Å²) in [6, 6.07) is 12.7. The van der Waals surface area contributed by atoms with Crippen LogP contribution in [0.2, 0.25) is 0 Å². The number of benzene rings is 1. The summed E-state index contributed by atoms with van der Waals surface area (Å²) in [5.41, 5.74) is 7.24. The van der Waals surface area contributed by atoms with Crippen molar-refractivity contribution in [3.63, 3.8) is 0 Å². The molecule has 5 heteroatoms. The molecule has 0 spiro atoms. The molecular formula is C16H14BrN3S. The van der Waals surface area contributed by atoms with Gasteiger partial charge in [0.15, 0.2) is 0 Å². The van der Waals surface area contributed by atoms with E-state index in [4.69, 9.17) is 0 Å². The molecule has 0 aliphatic carbocycles. The van der Waals surface area contributed by atoms with Crippen molar-refractivity contribution in [2.75, 3.05) is 6.54 Å². The van der Waals surface area contributed by atoms with E-state index in [1.165, 1.54) is 21.7 Å². The summed E-state index contributed by atoms with van der Waals surface area (Å²) in [5.74, 6) is 0. The number of thioether (sulfide) groups is 1. The van der Waals surface area contributed by atoms with Crippen LogP contribution in [0.4, 0.5) is 0 Å². The normalized spacial score (nSPS) is 21.0.